The van der Waals surface area contributed by atoms with Gasteiger partial charge in [-0.15, -0.1) is 0 Å². The van der Waals surface area contributed by atoms with Crippen LogP contribution in [-0.2, 0) is 4.79 Å². The first-order valence-electron chi connectivity index (χ1n) is 4.68. The molecule has 1 fully saturated rings. The number of nitrogen functional groups attached to an aromatic ring is 1. The molecular formula is C9H11N3O3. The normalized spacial score (nSPS) is 17.1. The van der Waals surface area contributed by atoms with Crippen molar-refractivity contribution in [2.45, 2.75) is 0 Å². The molecule has 1 aromatic rings. The van der Waals surface area contributed by atoms with Crippen LogP contribution in [0.1, 0.15) is 0 Å². The Morgan fingerprint density at radius 1 is 1.07 bits per heavy atom. The van der Waals surface area contributed by atoms with Crippen LogP contribution in [0, 0.1) is 0 Å². The number of hydrogen-bond donors (Lipinski definition) is 1. The summed E-state index contributed by atoms with van der Waals surface area (Å²) < 4.78 is 0. The number of amides is 1. The highest BCUT2D eigenvalue weighted by molar-refractivity contribution is 5.73. The molecule has 0 bridgehead atoms. The van der Waals surface area contributed by atoms with E-state index in [1.165, 1.54) is 0 Å². The lowest BCUT2D eigenvalue weighted by Gasteiger charge is -2.34. The topological polar surface area (TPSA) is 83.7 Å². The quantitative estimate of drug-likeness (QED) is 0.456. The number of hydrogen-bond acceptors (Lipinski definition) is 5. The van der Waals surface area contributed by atoms with Crippen molar-refractivity contribution in [1.82, 2.24) is 4.90 Å². The standard InChI is InChI=1S/C9H11N3O3/c10-6-7(9(15)8(6)14)12-3-1-11(5-13)2-4-12/h5H,1-4,10H2. The van der Waals surface area contributed by atoms with Gasteiger partial charge in [0.15, 0.2) is 0 Å². The number of carbonyl (C=O) groups excluding carboxylic acids is 1. The van der Waals surface area contributed by atoms with E-state index in [4.69, 9.17) is 5.73 Å². The van der Waals surface area contributed by atoms with Gasteiger partial charge < -0.3 is 15.5 Å². The Bertz CT molecular complexity index is 453. The third kappa shape index (κ3) is 1.38. The molecule has 1 saturated heterocycles. The SMILES string of the molecule is Nc1c(N2CCN(C=O)CC2)c(=O)c1=O. The molecule has 80 valence electrons. The number of rotatable bonds is 2. The predicted octanol–water partition coefficient (Wildman–Crippen LogP) is -1.86. The van der Waals surface area contributed by atoms with Crippen molar-refractivity contribution in [3.63, 3.8) is 0 Å². The van der Waals surface area contributed by atoms with Gasteiger partial charge in [-0.25, -0.2) is 0 Å². The van der Waals surface area contributed by atoms with E-state index in [2.05, 4.69) is 0 Å². The molecule has 0 atom stereocenters. The molecule has 15 heavy (non-hydrogen) atoms. The number of anilines is 2. The molecular weight excluding hydrogens is 198 g/mol. The van der Waals surface area contributed by atoms with Gasteiger partial charge in [0.05, 0.1) is 0 Å². The second kappa shape index (κ2) is 3.38. The fraction of sp³-hybridized carbons (Fsp3) is 0.444. The van der Waals surface area contributed by atoms with Gasteiger partial charge in [-0.05, 0) is 0 Å². The van der Waals surface area contributed by atoms with E-state index in [1.807, 2.05) is 0 Å². The van der Waals surface area contributed by atoms with Crippen LogP contribution < -0.4 is 21.5 Å². The van der Waals surface area contributed by atoms with Crippen molar-refractivity contribution in [1.29, 1.82) is 0 Å². The van der Waals surface area contributed by atoms with Crippen molar-refractivity contribution in [3.05, 3.63) is 20.4 Å². The summed E-state index contributed by atoms with van der Waals surface area (Å²) in [4.78, 5) is 36.0. The average molecular weight is 209 g/mol. The maximum atomic E-state index is 11.2. The van der Waals surface area contributed by atoms with Gasteiger partial charge in [-0.2, -0.15) is 0 Å². The molecule has 1 amide bonds. The lowest BCUT2D eigenvalue weighted by molar-refractivity contribution is -0.118. The fourth-order valence-electron chi connectivity index (χ4n) is 1.76. The highest BCUT2D eigenvalue weighted by atomic mass is 16.2. The van der Waals surface area contributed by atoms with Gasteiger partial charge in [0.25, 0.3) is 10.9 Å². The average Bonchev–Trinajstić information content (AvgIpc) is 2.30. The summed E-state index contributed by atoms with van der Waals surface area (Å²) in [5.41, 5.74) is 4.72. The van der Waals surface area contributed by atoms with Crippen molar-refractivity contribution in [2.75, 3.05) is 36.8 Å². The molecule has 0 spiro atoms. The minimum absolute atomic E-state index is 0.0551. The molecule has 0 unspecified atom stereocenters. The van der Waals surface area contributed by atoms with Crippen LogP contribution in [0.4, 0.5) is 11.4 Å². The van der Waals surface area contributed by atoms with Gasteiger partial charge in [0.2, 0.25) is 6.41 Å². The molecule has 6 nitrogen and oxygen atoms in total. The summed E-state index contributed by atoms with van der Waals surface area (Å²) >= 11 is 0. The molecule has 1 aliphatic rings. The van der Waals surface area contributed by atoms with Crippen molar-refractivity contribution >= 4 is 17.8 Å². The van der Waals surface area contributed by atoms with E-state index in [0.717, 1.165) is 6.41 Å². The van der Waals surface area contributed by atoms with Crippen LogP contribution >= 0.6 is 0 Å². The molecule has 0 radical (unpaired) electrons. The van der Waals surface area contributed by atoms with Gasteiger partial charge >= 0.3 is 0 Å². The van der Waals surface area contributed by atoms with Crippen molar-refractivity contribution < 1.29 is 4.79 Å². The second-order valence-corrected chi connectivity index (χ2v) is 3.55. The van der Waals surface area contributed by atoms with E-state index >= 15 is 0 Å². The zero-order valence-electron chi connectivity index (χ0n) is 8.10. The van der Waals surface area contributed by atoms with Crippen LogP contribution in [-0.4, -0.2) is 37.5 Å². The Morgan fingerprint density at radius 2 is 1.67 bits per heavy atom. The number of nitrogens with two attached hydrogens (primary N) is 1. The third-order valence-electron chi connectivity index (χ3n) is 2.70. The van der Waals surface area contributed by atoms with Crippen molar-refractivity contribution in [2.24, 2.45) is 0 Å². The largest absolute Gasteiger partial charge is 0.394 e. The molecule has 6 heteroatoms. The summed E-state index contributed by atoms with van der Waals surface area (Å²) in [6.07, 6.45) is 0.781. The summed E-state index contributed by atoms with van der Waals surface area (Å²) in [6.45, 7) is 2.21. The van der Waals surface area contributed by atoms with E-state index in [-0.39, 0.29) is 5.69 Å². The molecule has 2 rings (SSSR count). The zero-order chi connectivity index (χ0) is 11.0. The molecule has 0 aliphatic carbocycles. The van der Waals surface area contributed by atoms with E-state index in [1.54, 1.807) is 9.80 Å². The van der Waals surface area contributed by atoms with Crippen LogP contribution in [0.3, 0.4) is 0 Å². The molecule has 1 aliphatic heterocycles. The number of nitrogens with zero attached hydrogens (tertiary/aromatic N) is 2. The van der Waals surface area contributed by atoms with Gasteiger partial charge in [-0.3, -0.25) is 14.4 Å². The highest BCUT2D eigenvalue weighted by Crippen LogP contribution is 2.17. The van der Waals surface area contributed by atoms with Gasteiger partial charge in [0.1, 0.15) is 11.4 Å². The first-order valence-corrected chi connectivity index (χ1v) is 4.68. The number of carbonyl (C=O) groups is 1. The van der Waals surface area contributed by atoms with E-state index in [0.29, 0.717) is 31.9 Å². The predicted molar refractivity (Wildman–Crippen MR) is 55.6 cm³/mol. The maximum Gasteiger partial charge on any atom is 0.253 e. The Balaban J connectivity index is 2.12. The molecule has 0 saturated carbocycles. The molecule has 1 heterocycles. The Hall–Kier alpha value is -1.85. The minimum Gasteiger partial charge on any atom is -0.394 e. The first-order chi connectivity index (χ1) is 7.15. The van der Waals surface area contributed by atoms with Crippen molar-refractivity contribution in [3.8, 4) is 0 Å². The zero-order valence-corrected chi connectivity index (χ0v) is 8.10. The fourth-order valence-corrected chi connectivity index (χ4v) is 1.76. The Labute approximate surface area is 85.6 Å². The third-order valence-corrected chi connectivity index (χ3v) is 2.70. The first kappa shape index (κ1) is 9.70. The summed E-state index contributed by atoms with van der Waals surface area (Å²) in [6, 6.07) is 0. The molecule has 0 aromatic heterocycles. The Kier molecular flexibility index (Phi) is 2.18. The lowest BCUT2D eigenvalue weighted by Crippen LogP contribution is -2.51. The van der Waals surface area contributed by atoms with Crippen LogP contribution in [0.25, 0.3) is 0 Å². The molecule has 2 N–H and O–H groups in total. The minimum atomic E-state index is -0.595. The summed E-state index contributed by atoms with van der Waals surface area (Å²) in [5, 5.41) is 0. The van der Waals surface area contributed by atoms with Crippen LogP contribution in [0.5, 0.6) is 0 Å². The lowest BCUT2D eigenvalue weighted by atomic mass is 10.1. The number of piperazine rings is 1. The van der Waals surface area contributed by atoms with Gasteiger partial charge in [-0.1, -0.05) is 0 Å². The second-order valence-electron chi connectivity index (χ2n) is 3.55. The Morgan fingerprint density at radius 3 is 2.13 bits per heavy atom. The van der Waals surface area contributed by atoms with Crippen LogP contribution in [0.15, 0.2) is 9.59 Å². The van der Waals surface area contributed by atoms with Crippen LogP contribution in [0.2, 0.25) is 0 Å². The monoisotopic (exact) mass is 209 g/mol. The van der Waals surface area contributed by atoms with Gasteiger partial charge in [0, 0.05) is 26.2 Å². The maximum absolute atomic E-state index is 11.2. The van der Waals surface area contributed by atoms with E-state index < -0.39 is 10.9 Å². The smallest absolute Gasteiger partial charge is 0.253 e. The summed E-state index contributed by atoms with van der Waals surface area (Å²) in [5.74, 6) is 0. The summed E-state index contributed by atoms with van der Waals surface area (Å²) in [7, 11) is 0. The molecule has 1 aromatic carbocycles. The highest BCUT2D eigenvalue weighted by Gasteiger charge is 2.26. The van der Waals surface area contributed by atoms with E-state index in [9.17, 15) is 14.4 Å².